The minimum atomic E-state index is -1.06. The van der Waals surface area contributed by atoms with Gasteiger partial charge in [0.2, 0.25) is 5.91 Å². The summed E-state index contributed by atoms with van der Waals surface area (Å²) >= 11 is 1.13. The molecule has 0 bridgehead atoms. The molecule has 0 saturated carbocycles. The van der Waals surface area contributed by atoms with Gasteiger partial charge in [-0.05, 0) is 20.3 Å². The largest absolute Gasteiger partial charge is 0.480 e. The van der Waals surface area contributed by atoms with Crippen LogP contribution in [-0.4, -0.2) is 27.6 Å². The van der Waals surface area contributed by atoms with Gasteiger partial charge in [-0.25, -0.2) is 0 Å². The molecule has 7 heteroatoms. The van der Waals surface area contributed by atoms with Gasteiger partial charge in [0.1, 0.15) is 6.04 Å². The van der Waals surface area contributed by atoms with E-state index >= 15 is 0 Å². The molecule has 18 heavy (non-hydrogen) atoms. The molecule has 1 atom stereocenters. The van der Waals surface area contributed by atoms with E-state index in [1.165, 1.54) is 6.92 Å². The number of carboxylic acids is 1. The molecule has 1 rings (SSSR count). The molecule has 0 aromatic carbocycles. The van der Waals surface area contributed by atoms with Crippen molar-refractivity contribution in [2.45, 2.75) is 39.3 Å². The number of aryl methyl sites for hydroxylation is 1. The molecule has 6 nitrogen and oxygen atoms in total. The first-order chi connectivity index (χ1) is 8.41. The van der Waals surface area contributed by atoms with Crippen LogP contribution < -0.4 is 10.2 Å². The second-order valence-corrected chi connectivity index (χ2v) is 4.85. The molecule has 0 unspecified atom stereocenters. The Bertz CT molecular complexity index is 491. The fourth-order valence-corrected chi connectivity index (χ4v) is 2.21. The van der Waals surface area contributed by atoms with Gasteiger partial charge in [-0.1, -0.05) is 11.3 Å². The van der Waals surface area contributed by atoms with Gasteiger partial charge in [0.05, 0.1) is 0 Å². The van der Waals surface area contributed by atoms with Crippen molar-refractivity contribution < 1.29 is 14.7 Å². The van der Waals surface area contributed by atoms with Gasteiger partial charge in [-0.3, -0.25) is 14.4 Å². The monoisotopic (exact) mass is 272 g/mol. The highest BCUT2D eigenvalue weighted by molar-refractivity contribution is 7.07. The molecular formula is C11H16N2O4S. The third-order valence-electron chi connectivity index (χ3n) is 2.51. The zero-order chi connectivity index (χ0) is 13.7. The number of carbonyl (C=O) groups excluding carboxylic acids is 1. The Labute approximate surface area is 108 Å². The number of aliphatic carboxylic acids is 1. The number of nitrogens with zero attached hydrogens (tertiary/aromatic N) is 1. The first kappa shape index (κ1) is 14.4. The molecule has 2 N–H and O–H groups in total. The fourth-order valence-electron chi connectivity index (χ4n) is 1.45. The van der Waals surface area contributed by atoms with Gasteiger partial charge in [0.15, 0.2) is 0 Å². The smallest absolute Gasteiger partial charge is 0.325 e. The lowest BCUT2D eigenvalue weighted by atomic mass is 10.2. The summed E-state index contributed by atoms with van der Waals surface area (Å²) in [5, 5.41) is 12.8. The molecule has 100 valence electrons. The number of rotatable bonds is 6. The molecule has 0 aliphatic carbocycles. The predicted octanol–water partition coefficient (Wildman–Crippen LogP) is 0.588. The van der Waals surface area contributed by atoms with Crippen molar-refractivity contribution in [1.82, 2.24) is 9.88 Å². The molecule has 1 heterocycles. The van der Waals surface area contributed by atoms with E-state index in [1.54, 1.807) is 9.95 Å². The van der Waals surface area contributed by atoms with Crippen LogP contribution in [0.15, 0.2) is 10.2 Å². The second-order valence-electron chi connectivity index (χ2n) is 4.03. The van der Waals surface area contributed by atoms with E-state index in [0.29, 0.717) is 13.0 Å². The summed E-state index contributed by atoms with van der Waals surface area (Å²) < 4.78 is 1.61. The van der Waals surface area contributed by atoms with E-state index in [4.69, 9.17) is 5.11 Å². The van der Waals surface area contributed by atoms with Crippen molar-refractivity contribution in [2.24, 2.45) is 0 Å². The topological polar surface area (TPSA) is 88.4 Å². The van der Waals surface area contributed by atoms with Gasteiger partial charge < -0.3 is 15.0 Å². The van der Waals surface area contributed by atoms with E-state index in [9.17, 15) is 14.4 Å². The van der Waals surface area contributed by atoms with E-state index < -0.39 is 12.0 Å². The molecule has 1 aromatic heterocycles. The number of hydrogen-bond donors (Lipinski definition) is 2. The molecule has 0 fully saturated rings. The minimum Gasteiger partial charge on any atom is -0.480 e. The van der Waals surface area contributed by atoms with Crippen LogP contribution in [0.4, 0.5) is 0 Å². The normalized spacial score (nSPS) is 12.1. The van der Waals surface area contributed by atoms with Crippen LogP contribution in [0.1, 0.15) is 25.5 Å². The van der Waals surface area contributed by atoms with Crippen LogP contribution >= 0.6 is 11.3 Å². The lowest BCUT2D eigenvalue weighted by molar-refractivity contribution is -0.141. The van der Waals surface area contributed by atoms with E-state index in [1.807, 2.05) is 6.92 Å². The Hall–Kier alpha value is -1.63. The van der Waals surface area contributed by atoms with Crippen LogP contribution in [-0.2, 0) is 16.1 Å². The lowest BCUT2D eigenvalue weighted by Gasteiger charge is -2.09. The van der Waals surface area contributed by atoms with Crippen molar-refractivity contribution in [3.8, 4) is 0 Å². The van der Waals surface area contributed by atoms with Crippen molar-refractivity contribution in [1.29, 1.82) is 0 Å². The number of thiazole rings is 1. The number of carbonyl (C=O) groups is 2. The third kappa shape index (κ3) is 3.99. The number of aromatic nitrogens is 1. The van der Waals surface area contributed by atoms with Crippen molar-refractivity contribution >= 4 is 23.2 Å². The Morgan fingerprint density at radius 1 is 1.56 bits per heavy atom. The standard InChI is InChI=1S/C11H16N2O4S/c1-7-6-18-11(17)13(7)5-3-4-9(14)12-8(2)10(15)16/h6,8H,3-5H2,1-2H3,(H,12,14)(H,15,16)/t8-/m1/s1. The summed E-state index contributed by atoms with van der Waals surface area (Å²) in [6.45, 7) is 3.72. The Morgan fingerprint density at radius 2 is 2.22 bits per heavy atom. The third-order valence-corrected chi connectivity index (χ3v) is 3.39. The summed E-state index contributed by atoms with van der Waals surface area (Å²) in [4.78, 5) is 33.3. The van der Waals surface area contributed by atoms with Gasteiger partial charge in [-0.2, -0.15) is 0 Å². The summed E-state index contributed by atoms with van der Waals surface area (Å²) in [5.74, 6) is -1.38. The molecule has 0 aliphatic heterocycles. The quantitative estimate of drug-likeness (QED) is 0.793. The maximum atomic E-state index is 11.4. The van der Waals surface area contributed by atoms with Crippen LogP contribution in [0.25, 0.3) is 0 Å². The maximum Gasteiger partial charge on any atom is 0.325 e. The molecule has 0 saturated heterocycles. The van der Waals surface area contributed by atoms with Crippen molar-refractivity contribution in [3.05, 3.63) is 20.7 Å². The minimum absolute atomic E-state index is 0.0354. The molecule has 0 spiro atoms. The van der Waals surface area contributed by atoms with Crippen LogP contribution in [0, 0.1) is 6.92 Å². The molecule has 0 radical (unpaired) electrons. The maximum absolute atomic E-state index is 11.4. The highest BCUT2D eigenvalue weighted by atomic mass is 32.1. The highest BCUT2D eigenvalue weighted by Crippen LogP contribution is 2.02. The first-order valence-electron chi connectivity index (χ1n) is 5.59. The predicted molar refractivity (Wildman–Crippen MR) is 67.8 cm³/mol. The summed E-state index contributed by atoms with van der Waals surface area (Å²) in [6, 6.07) is -0.886. The Balaban J connectivity index is 2.36. The van der Waals surface area contributed by atoms with Crippen molar-refractivity contribution in [3.63, 3.8) is 0 Å². The van der Waals surface area contributed by atoms with Crippen LogP contribution in [0.2, 0.25) is 0 Å². The number of amides is 1. The number of hydrogen-bond acceptors (Lipinski definition) is 4. The van der Waals surface area contributed by atoms with Gasteiger partial charge in [-0.15, -0.1) is 0 Å². The first-order valence-corrected chi connectivity index (χ1v) is 6.47. The molecule has 1 amide bonds. The number of carboxylic acid groups (broad SMARTS) is 1. The van der Waals surface area contributed by atoms with Gasteiger partial charge >= 0.3 is 10.8 Å². The Morgan fingerprint density at radius 3 is 2.72 bits per heavy atom. The summed E-state index contributed by atoms with van der Waals surface area (Å²) in [6.07, 6.45) is 0.717. The second kappa shape index (κ2) is 6.34. The average molecular weight is 272 g/mol. The van der Waals surface area contributed by atoms with E-state index in [-0.39, 0.29) is 17.2 Å². The van der Waals surface area contributed by atoms with Crippen molar-refractivity contribution in [2.75, 3.05) is 0 Å². The molecular weight excluding hydrogens is 256 g/mol. The molecule has 0 aliphatic rings. The lowest BCUT2D eigenvalue weighted by Crippen LogP contribution is -2.38. The summed E-state index contributed by atoms with van der Waals surface area (Å²) in [5.41, 5.74) is 0.879. The van der Waals surface area contributed by atoms with Gasteiger partial charge in [0, 0.05) is 24.0 Å². The Kier molecular flexibility index (Phi) is 5.08. The van der Waals surface area contributed by atoms with Gasteiger partial charge in [0.25, 0.3) is 0 Å². The van der Waals surface area contributed by atoms with E-state index in [2.05, 4.69) is 5.32 Å². The van der Waals surface area contributed by atoms with Crippen LogP contribution in [0.3, 0.4) is 0 Å². The SMILES string of the molecule is Cc1csc(=O)n1CCCC(=O)N[C@H](C)C(=O)O. The fraction of sp³-hybridized carbons (Fsp3) is 0.545. The summed E-state index contributed by atoms with van der Waals surface area (Å²) in [7, 11) is 0. The molecule has 1 aromatic rings. The zero-order valence-electron chi connectivity index (χ0n) is 10.3. The average Bonchev–Trinajstić information content (AvgIpc) is 2.60. The highest BCUT2D eigenvalue weighted by Gasteiger charge is 2.13. The van der Waals surface area contributed by atoms with E-state index in [0.717, 1.165) is 17.0 Å². The zero-order valence-corrected chi connectivity index (χ0v) is 11.1. The number of nitrogens with one attached hydrogen (secondary N) is 1. The van der Waals surface area contributed by atoms with Crippen LogP contribution in [0.5, 0.6) is 0 Å².